The number of aryl methyl sites for hydroxylation is 1. The highest BCUT2D eigenvalue weighted by Gasteiger charge is 2.15. The maximum absolute atomic E-state index is 11.2. The number of carbonyl (C=O) groups excluding carboxylic acids is 2. The molecule has 0 unspecified atom stereocenters. The summed E-state index contributed by atoms with van der Waals surface area (Å²) in [6.07, 6.45) is -0.353. The number of carbonyl (C=O) groups is 2. The van der Waals surface area contributed by atoms with Crippen LogP contribution in [-0.4, -0.2) is 44.5 Å². The van der Waals surface area contributed by atoms with Gasteiger partial charge in [0.1, 0.15) is 12.7 Å². The van der Waals surface area contributed by atoms with Gasteiger partial charge in [-0.05, 0) is 45.7 Å². The van der Waals surface area contributed by atoms with E-state index in [0.29, 0.717) is 44.2 Å². The van der Waals surface area contributed by atoms with Crippen LogP contribution in [-0.2, 0) is 35.1 Å². The summed E-state index contributed by atoms with van der Waals surface area (Å²) in [5, 5.41) is 0. The van der Waals surface area contributed by atoms with Crippen molar-refractivity contribution in [2.75, 3.05) is 26.4 Å². The standard InChI is InChI=1S/C12H14O2.C11H20O4/c1-9(2)12(13)14-8-11-7-5-4-6-10(11)3;1-5-13-7-10(8-14-6-2)15-11(12)9(3)4/h4-7H,1,8H2,2-3H3;10H,3,5-8H2,1-2,4H3. The molecule has 6 heteroatoms. The molecule has 0 saturated carbocycles. The van der Waals surface area contributed by atoms with E-state index in [1.54, 1.807) is 13.8 Å². The number of hydrogen-bond acceptors (Lipinski definition) is 6. The Morgan fingerprint density at radius 3 is 1.90 bits per heavy atom. The van der Waals surface area contributed by atoms with Gasteiger partial charge in [-0.1, -0.05) is 37.4 Å². The Bertz CT molecular complexity index is 657. The summed E-state index contributed by atoms with van der Waals surface area (Å²) >= 11 is 0. The summed E-state index contributed by atoms with van der Waals surface area (Å²) in [6.45, 7) is 18.3. The van der Waals surface area contributed by atoms with Crippen molar-refractivity contribution in [2.45, 2.75) is 47.3 Å². The fourth-order valence-corrected chi connectivity index (χ4v) is 1.91. The predicted octanol–water partition coefficient (Wildman–Crippen LogP) is 4.16. The molecule has 0 saturated heterocycles. The molecule has 0 radical (unpaired) electrons. The Kier molecular flexibility index (Phi) is 14.2. The molecule has 0 atom stereocenters. The monoisotopic (exact) mass is 406 g/mol. The van der Waals surface area contributed by atoms with Crippen LogP contribution in [0.4, 0.5) is 0 Å². The summed E-state index contributed by atoms with van der Waals surface area (Å²) in [4.78, 5) is 22.4. The molecule has 0 aliphatic heterocycles. The third-order valence-electron chi connectivity index (χ3n) is 3.61. The van der Waals surface area contributed by atoms with Gasteiger partial charge in [0, 0.05) is 24.4 Å². The third kappa shape index (κ3) is 12.6. The second-order valence-corrected chi connectivity index (χ2v) is 6.41. The quantitative estimate of drug-likeness (QED) is 0.406. The predicted molar refractivity (Wildman–Crippen MR) is 113 cm³/mol. The Hall–Kier alpha value is -2.44. The zero-order valence-corrected chi connectivity index (χ0v) is 18.3. The maximum Gasteiger partial charge on any atom is 0.333 e. The molecule has 6 nitrogen and oxygen atoms in total. The molecule has 0 bridgehead atoms. The van der Waals surface area contributed by atoms with Gasteiger partial charge in [0.05, 0.1) is 13.2 Å². The number of esters is 2. The van der Waals surface area contributed by atoms with Crippen molar-refractivity contribution in [2.24, 2.45) is 0 Å². The first-order valence-electron chi connectivity index (χ1n) is 9.61. The van der Waals surface area contributed by atoms with E-state index in [1.807, 2.05) is 45.0 Å². The molecule has 0 fully saturated rings. The molecule has 0 aliphatic carbocycles. The molecule has 0 heterocycles. The molecular weight excluding hydrogens is 372 g/mol. The average molecular weight is 407 g/mol. The van der Waals surface area contributed by atoms with E-state index < -0.39 is 5.97 Å². The molecule has 162 valence electrons. The second kappa shape index (κ2) is 15.5. The molecule has 1 rings (SSSR count). The highest BCUT2D eigenvalue weighted by Crippen LogP contribution is 2.09. The third-order valence-corrected chi connectivity index (χ3v) is 3.61. The van der Waals surface area contributed by atoms with Gasteiger partial charge in [-0.3, -0.25) is 0 Å². The van der Waals surface area contributed by atoms with E-state index in [0.717, 1.165) is 11.1 Å². The first-order valence-corrected chi connectivity index (χ1v) is 9.61. The molecular formula is C23H34O6. The van der Waals surface area contributed by atoms with Crippen molar-refractivity contribution in [3.8, 4) is 0 Å². The molecule has 1 aromatic rings. The van der Waals surface area contributed by atoms with E-state index in [2.05, 4.69) is 13.2 Å². The lowest BCUT2D eigenvalue weighted by Gasteiger charge is -2.17. The van der Waals surface area contributed by atoms with Gasteiger partial charge in [0.15, 0.2) is 0 Å². The lowest BCUT2D eigenvalue weighted by Crippen LogP contribution is -2.28. The number of rotatable bonds is 11. The number of hydrogen-bond donors (Lipinski definition) is 0. The molecule has 1 aromatic carbocycles. The topological polar surface area (TPSA) is 71.1 Å². The first-order chi connectivity index (χ1) is 13.7. The summed E-state index contributed by atoms with van der Waals surface area (Å²) in [5.74, 6) is -0.743. The smallest absolute Gasteiger partial charge is 0.333 e. The molecule has 0 amide bonds. The highest BCUT2D eigenvalue weighted by molar-refractivity contribution is 5.87. The van der Waals surface area contributed by atoms with Crippen LogP contribution in [0.2, 0.25) is 0 Å². The lowest BCUT2D eigenvalue weighted by atomic mass is 10.1. The second-order valence-electron chi connectivity index (χ2n) is 6.41. The van der Waals surface area contributed by atoms with Gasteiger partial charge in [-0.25, -0.2) is 9.59 Å². The minimum absolute atomic E-state index is 0.318. The molecule has 29 heavy (non-hydrogen) atoms. The van der Waals surface area contributed by atoms with Gasteiger partial charge in [0.2, 0.25) is 0 Å². The van der Waals surface area contributed by atoms with Crippen molar-refractivity contribution in [1.29, 1.82) is 0 Å². The molecule has 0 aliphatic rings. The van der Waals surface area contributed by atoms with Crippen molar-refractivity contribution >= 4 is 11.9 Å². The zero-order valence-electron chi connectivity index (χ0n) is 18.3. The van der Waals surface area contributed by atoms with Crippen LogP contribution in [0.1, 0.15) is 38.8 Å². The van der Waals surface area contributed by atoms with Crippen LogP contribution in [0.25, 0.3) is 0 Å². The largest absolute Gasteiger partial charge is 0.457 e. The first kappa shape index (κ1) is 26.6. The average Bonchev–Trinajstić information content (AvgIpc) is 2.69. The molecule has 0 aromatic heterocycles. The van der Waals surface area contributed by atoms with Crippen LogP contribution in [0.5, 0.6) is 0 Å². The fraction of sp³-hybridized carbons (Fsp3) is 0.478. The minimum Gasteiger partial charge on any atom is -0.457 e. The van der Waals surface area contributed by atoms with Gasteiger partial charge in [-0.2, -0.15) is 0 Å². The van der Waals surface area contributed by atoms with Crippen LogP contribution in [0.15, 0.2) is 48.6 Å². The van der Waals surface area contributed by atoms with Crippen LogP contribution in [0.3, 0.4) is 0 Å². The Labute approximate surface area is 174 Å². The number of benzene rings is 1. The van der Waals surface area contributed by atoms with Crippen LogP contribution >= 0.6 is 0 Å². The Morgan fingerprint density at radius 1 is 0.931 bits per heavy atom. The van der Waals surface area contributed by atoms with Gasteiger partial charge >= 0.3 is 11.9 Å². The zero-order chi connectivity index (χ0) is 22.2. The van der Waals surface area contributed by atoms with Crippen LogP contribution in [0, 0.1) is 6.92 Å². The summed E-state index contributed by atoms with van der Waals surface area (Å²) in [6, 6.07) is 7.82. The van der Waals surface area contributed by atoms with Gasteiger partial charge in [0.25, 0.3) is 0 Å². The Morgan fingerprint density at radius 2 is 1.45 bits per heavy atom. The molecule has 0 N–H and O–H groups in total. The van der Waals surface area contributed by atoms with Crippen LogP contribution < -0.4 is 0 Å². The number of ether oxygens (including phenoxy) is 4. The van der Waals surface area contributed by atoms with Crippen molar-refractivity contribution in [3.05, 3.63) is 59.7 Å². The molecule has 0 spiro atoms. The highest BCUT2D eigenvalue weighted by atomic mass is 16.6. The normalized spacial score (nSPS) is 10.0. The minimum atomic E-state index is -0.403. The lowest BCUT2D eigenvalue weighted by molar-refractivity contribution is -0.151. The fourth-order valence-electron chi connectivity index (χ4n) is 1.91. The summed E-state index contributed by atoms with van der Waals surface area (Å²) < 4.78 is 20.5. The van der Waals surface area contributed by atoms with E-state index in [9.17, 15) is 9.59 Å². The van der Waals surface area contributed by atoms with Crippen molar-refractivity contribution < 1.29 is 28.5 Å². The summed E-state index contributed by atoms with van der Waals surface area (Å²) in [7, 11) is 0. The van der Waals surface area contributed by atoms with Gasteiger partial charge < -0.3 is 18.9 Å². The summed E-state index contributed by atoms with van der Waals surface area (Å²) in [5.41, 5.74) is 2.97. The van der Waals surface area contributed by atoms with Gasteiger partial charge in [-0.15, -0.1) is 0 Å². The SMILES string of the molecule is C=C(C)C(=O)OC(COCC)COCC.C=C(C)C(=O)OCc1ccccc1C. The van der Waals surface area contributed by atoms with E-state index in [1.165, 1.54) is 0 Å². The maximum atomic E-state index is 11.2. The Balaban J connectivity index is 0.000000541. The van der Waals surface area contributed by atoms with E-state index in [4.69, 9.17) is 18.9 Å². The van der Waals surface area contributed by atoms with E-state index >= 15 is 0 Å². The van der Waals surface area contributed by atoms with Crippen molar-refractivity contribution in [3.63, 3.8) is 0 Å². The van der Waals surface area contributed by atoms with Crippen molar-refractivity contribution in [1.82, 2.24) is 0 Å². The van der Waals surface area contributed by atoms with E-state index in [-0.39, 0.29) is 12.1 Å².